The van der Waals surface area contributed by atoms with Crippen LogP contribution in [0.3, 0.4) is 0 Å². The standard InChI is InChI=1S/C27H23N/c1-28-24-17-9-8-16-23(20-24)27(21-12-4-2-5-13-21,22-14-6-3-7-15-22)25-18-10-11-19-26(25)28/h2-19H,20H2,1H3. The maximum absolute atomic E-state index is 2.35. The highest BCUT2D eigenvalue weighted by atomic mass is 15.1. The van der Waals surface area contributed by atoms with E-state index in [1.807, 2.05) is 0 Å². The lowest BCUT2D eigenvalue weighted by atomic mass is 9.63. The first-order valence-electron chi connectivity index (χ1n) is 9.83. The minimum atomic E-state index is -0.322. The molecule has 2 aliphatic rings. The number of nitrogens with zero attached hydrogens (tertiary/aromatic N) is 1. The molecule has 1 aliphatic heterocycles. The molecular formula is C27H23N. The van der Waals surface area contributed by atoms with Crippen LogP contribution in [-0.2, 0) is 5.41 Å². The summed E-state index contributed by atoms with van der Waals surface area (Å²) < 4.78 is 0. The Morgan fingerprint density at radius 2 is 1.25 bits per heavy atom. The van der Waals surface area contributed by atoms with Crippen LogP contribution < -0.4 is 4.90 Å². The normalized spacial score (nSPS) is 17.1. The summed E-state index contributed by atoms with van der Waals surface area (Å²) >= 11 is 0. The van der Waals surface area contributed by atoms with Crippen LogP contribution in [0.15, 0.2) is 121 Å². The Labute approximate surface area is 167 Å². The van der Waals surface area contributed by atoms with Crippen molar-refractivity contribution in [3.05, 3.63) is 137 Å². The summed E-state index contributed by atoms with van der Waals surface area (Å²) in [5, 5.41) is 0. The van der Waals surface area contributed by atoms with Crippen molar-refractivity contribution >= 4 is 5.69 Å². The molecular weight excluding hydrogens is 338 g/mol. The van der Waals surface area contributed by atoms with E-state index in [9.17, 15) is 0 Å². The zero-order valence-corrected chi connectivity index (χ0v) is 16.0. The van der Waals surface area contributed by atoms with E-state index in [0.29, 0.717) is 0 Å². The highest BCUT2D eigenvalue weighted by Gasteiger charge is 2.44. The van der Waals surface area contributed by atoms with Gasteiger partial charge in [-0.05, 0) is 34.4 Å². The van der Waals surface area contributed by atoms with Crippen molar-refractivity contribution in [2.75, 3.05) is 11.9 Å². The zero-order chi connectivity index (χ0) is 19.0. The van der Waals surface area contributed by atoms with E-state index >= 15 is 0 Å². The van der Waals surface area contributed by atoms with Gasteiger partial charge in [0.1, 0.15) is 0 Å². The molecule has 1 heteroatoms. The molecule has 0 aromatic heterocycles. The minimum Gasteiger partial charge on any atom is -0.348 e. The molecule has 3 aromatic rings. The first-order chi connectivity index (χ1) is 13.8. The first kappa shape index (κ1) is 16.8. The molecule has 0 N–H and O–H groups in total. The van der Waals surface area contributed by atoms with Crippen LogP contribution in [0.2, 0.25) is 0 Å². The summed E-state index contributed by atoms with van der Waals surface area (Å²) in [5.74, 6) is 0. The van der Waals surface area contributed by atoms with Crippen LogP contribution in [0.5, 0.6) is 0 Å². The average molecular weight is 361 g/mol. The predicted molar refractivity (Wildman–Crippen MR) is 118 cm³/mol. The molecule has 136 valence electrons. The van der Waals surface area contributed by atoms with E-state index in [-0.39, 0.29) is 5.41 Å². The van der Waals surface area contributed by atoms with E-state index < -0.39 is 0 Å². The maximum Gasteiger partial charge on any atom is 0.0688 e. The molecule has 0 spiro atoms. The highest BCUT2D eigenvalue weighted by Crippen LogP contribution is 2.53. The van der Waals surface area contributed by atoms with E-state index in [1.165, 1.54) is 33.6 Å². The Morgan fingerprint density at radius 1 is 0.679 bits per heavy atom. The van der Waals surface area contributed by atoms with Gasteiger partial charge in [0.15, 0.2) is 0 Å². The molecule has 0 atom stereocenters. The largest absolute Gasteiger partial charge is 0.348 e. The van der Waals surface area contributed by atoms with Crippen molar-refractivity contribution in [1.29, 1.82) is 0 Å². The van der Waals surface area contributed by atoms with Gasteiger partial charge in [-0.1, -0.05) is 97.1 Å². The number of rotatable bonds is 2. The highest BCUT2D eigenvalue weighted by molar-refractivity contribution is 5.73. The Kier molecular flexibility index (Phi) is 4.02. The van der Waals surface area contributed by atoms with Crippen LogP contribution in [0.4, 0.5) is 5.69 Å². The SMILES string of the molecule is CN1C2=CC=CC=C(C2)C(c2ccccc2)(c2ccccc2)c2ccccc21. The molecule has 0 saturated heterocycles. The number of hydrogen-bond acceptors (Lipinski definition) is 1. The van der Waals surface area contributed by atoms with Gasteiger partial charge in [-0.3, -0.25) is 0 Å². The van der Waals surface area contributed by atoms with Crippen molar-refractivity contribution in [1.82, 2.24) is 0 Å². The van der Waals surface area contributed by atoms with Gasteiger partial charge in [0, 0.05) is 24.9 Å². The second kappa shape index (κ2) is 6.69. The van der Waals surface area contributed by atoms with Crippen LogP contribution >= 0.6 is 0 Å². The van der Waals surface area contributed by atoms with E-state index in [0.717, 1.165) is 6.42 Å². The summed E-state index contributed by atoms with van der Waals surface area (Å²) in [5.41, 5.74) is 7.62. The van der Waals surface area contributed by atoms with Gasteiger partial charge in [0.25, 0.3) is 0 Å². The van der Waals surface area contributed by atoms with E-state index in [2.05, 4.69) is 121 Å². The van der Waals surface area contributed by atoms with Gasteiger partial charge >= 0.3 is 0 Å². The Hall–Kier alpha value is -3.32. The summed E-state index contributed by atoms with van der Waals surface area (Å²) in [6.45, 7) is 0. The summed E-state index contributed by atoms with van der Waals surface area (Å²) in [6, 6.07) is 30.8. The Balaban J connectivity index is 1.97. The van der Waals surface area contributed by atoms with Crippen LogP contribution in [0.1, 0.15) is 23.1 Å². The molecule has 28 heavy (non-hydrogen) atoms. The lowest BCUT2D eigenvalue weighted by Gasteiger charge is -2.38. The smallest absolute Gasteiger partial charge is 0.0688 e. The fourth-order valence-electron chi connectivity index (χ4n) is 4.77. The van der Waals surface area contributed by atoms with Gasteiger partial charge in [0.2, 0.25) is 0 Å². The number of hydrogen-bond donors (Lipinski definition) is 0. The number of fused-ring (bicyclic) bond motifs is 3. The zero-order valence-electron chi connectivity index (χ0n) is 16.0. The fourth-order valence-corrected chi connectivity index (χ4v) is 4.77. The van der Waals surface area contributed by atoms with Gasteiger partial charge in [0.05, 0.1) is 5.41 Å². The molecule has 0 saturated carbocycles. The monoisotopic (exact) mass is 361 g/mol. The van der Waals surface area contributed by atoms with Gasteiger partial charge < -0.3 is 4.90 Å². The van der Waals surface area contributed by atoms with Crippen LogP contribution in [-0.4, -0.2) is 7.05 Å². The van der Waals surface area contributed by atoms with Crippen molar-refractivity contribution in [3.8, 4) is 0 Å². The van der Waals surface area contributed by atoms with Crippen LogP contribution in [0, 0.1) is 0 Å². The Morgan fingerprint density at radius 3 is 1.93 bits per heavy atom. The molecule has 1 nitrogen and oxygen atoms in total. The number of anilines is 1. The van der Waals surface area contributed by atoms with Crippen molar-refractivity contribution in [3.63, 3.8) is 0 Å². The van der Waals surface area contributed by atoms with E-state index in [4.69, 9.17) is 0 Å². The first-order valence-corrected chi connectivity index (χ1v) is 9.83. The number of allylic oxidation sites excluding steroid dienone is 5. The van der Waals surface area contributed by atoms with Crippen molar-refractivity contribution < 1.29 is 0 Å². The third kappa shape index (κ3) is 2.40. The summed E-state index contributed by atoms with van der Waals surface area (Å²) in [4.78, 5) is 2.35. The Bertz CT molecular complexity index is 1050. The molecule has 0 unspecified atom stereocenters. The maximum atomic E-state index is 2.35. The third-order valence-corrected chi connectivity index (χ3v) is 6.06. The number of para-hydroxylation sites is 1. The second-order valence-electron chi connectivity index (χ2n) is 7.47. The minimum absolute atomic E-state index is 0.322. The van der Waals surface area contributed by atoms with Gasteiger partial charge in [-0.15, -0.1) is 0 Å². The second-order valence-corrected chi connectivity index (χ2v) is 7.47. The molecule has 2 bridgehead atoms. The lowest BCUT2D eigenvalue weighted by Crippen LogP contribution is -2.31. The molecule has 1 heterocycles. The molecule has 3 aromatic carbocycles. The van der Waals surface area contributed by atoms with Crippen molar-refractivity contribution in [2.24, 2.45) is 0 Å². The average Bonchev–Trinajstić information content (AvgIpc) is 3.07. The third-order valence-electron chi connectivity index (χ3n) is 6.06. The van der Waals surface area contributed by atoms with E-state index in [1.54, 1.807) is 0 Å². The quantitative estimate of drug-likeness (QED) is 0.522. The molecule has 1 aliphatic carbocycles. The summed E-state index contributed by atoms with van der Waals surface area (Å²) in [7, 11) is 2.19. The van der Waals surface area contributed by atoms with Crippen LogP contribution in [0.25, 0.3) is 0 Å². The molecule has 5 rings (SSSR count). The van der Waals surface area contributed by atoms with Gasteiger partial charge in [-0.2, -0.15) is 0 Å². The van der Waals surface area contributed by atoms with Gasteiger partial charge in [-0.25, -0.2) is 0 Å². The fraction of sp³-hybridized carbons (Fsp3) is 0.111. The summed E-state index contributed by atoms with van der Waals surface area (Å²) in [6.07, 6.45) is 9.83. The molecule has 0 radical (unpaired) electrons. The topological polar surface area (TPSA) is 3.24 Å². The molecule has 0 fully saturated rings. The predicted octanol–water partition coefficient (Wildman–Crippen LogP) is 6.24. The lowest BCUT2D eigenvalue weighted by molar-refractivity contribution is 0.712. The molecule has 0 amide bonds. The number of benzene rings is 3. The van der Waals surface area contributed by atoms with Crippen molar-refractivity contribution in [2.45, 2.75) is 11.8 Å².